The molecule has 1 N–H and O–H groups in total. The summed E-state index contributed by atoms with van der Waals surface area (Å²) >= 11 is 1.32. The van der Waals surface area contributed by atoms with Crippen molar-refractivity contribution in [2.75, 3.05) is 11.1 Å². The standard InChI is InChI=1S/C23H24N6O2S/c1-5-29-21(22-25-20(28-31-22)17-10-6-8-14(2)12-17)26-27-23(29)32-13-19(30)24-18-11-7-9-15(3)16(18)4/h6-12H,5,13H2,1-4H3,(H,24,30). The first-order chi connectivity index (χ1) is 15.5. The molecular weight excluding hydrogens is 424 g/mol. The molecule has 164 valence electrons. The van der Waals surface area contributed by atoms with Gasteiger partial charge >= 0.3 is 0 Å². The lowest BCUT2D eigenvalue weighted by molar-refractivity contribution is -0.113. The van der Waals surface area contributed by atoms with E-state index in [4.69, 9.17) is 4.52 Å². The van der Waals surface area contributed by atoms with Gasteiger partial charge in [0.1, 0.15) is 0 Å². The van der Waals surface area contributed by atoms with Crippen molar-refractivity contribution in [1.29, 1.82) is 0 Å². The Hall–Kier alpha value is -3.46. The average molecular weight is 449 g/mol. The van der Waals surface area contributed by atoms with Crippen LogP contribution >= 0.6 is 11.8 Å². The van der Waals surface area contributed by atoms with Crippen LogP contribution in [0.2, 0.25) is 0 Å². The monoisotopic (exact) mass is 448 g/mol. The van der Waals surface area contributed by atoms with E-state index in [9.17, 15) is 4.79 Å². The Morgan fingerprint density at radius 2 is 1.94 bits per heavy atom. The summed E-state index contributed by atoms with van der Waals surface area (Å²) in [7, 11) is 0. The maximum absolute atomic E-state index is 12.5. The number of aryl methyl sites for hydroxylation is 2. The van der Waals surface area contributed by atoms with E-state index in [2.05, 4.69) is 25.7 Å². The van der Waals surface area contributed by atoms with Gasteiger partial charge in [-0.05, 0) is 51.0 Å². The zero-order valence-corrected chi connectivity index (χ0v) is 19.2. The van der Waals surface area contributed by atoms with E-state index in [-0.39, 0.29) is 11.7 Å². The third-order valence-corrected chi connectivity index (χ3v) is 6.10. The Morgan fingerprint density at radius 1 is 1.12 bits per heavy atom. The fourth-order valence-corrected chi connectivity index (χ4v) is 4.06. The highest BCUT2D eigenvalue weighted by molar-refractivity contribution is 7.99. The molecule has 0 fully saturated rings. The highest BCUT2D eigenvalue weighted by atomic mass is 32.2. The van der Waals surface area contributed by atoms with Gasteiger partial charge in [-0.3, -0.25) is 9.36 Å². The number of benzene rings is 2. The van der Waals surface area contributed by atoms with Crippen LogP contribution in [0.25, 0.3) is 23.1 Å². The summed E-state index contributed by atoms with van der Waals surface area (Å²) in [6.07, 6.45) is 0. The second kappa shape index (κ2) is 9.35. The highest BCUT2D eigenvalue weighted by Crippen LogP contribution is 2.26. The predicted octanol–water partition coefficient (Wildman–Crippen LogP) is 4.67. The molecule has 2 aromatic heterocycles. The Morgan fingerprint density at radius 3 is 2.72 bits per heavy atom. The van der Waals surface area contributed by atoms with Crippen molar-refractivity contribution in [3.63, 3.8) is 0 Å². The van der Waals surface area contributed by atoms with Crippen molar-refractivity contribution in [3.05, 3.63) is 59.2 Å². The van der Waals surface area contributed by atoms with Crippen LogP contribution in [0.1, 0.15) is 23.6 Å². The molecule has 9 heteroatoms. The summed E-state index contributed by atoms with van der Waals surface area (Å²) in [6, 6.07) is 13.7. The molecular formula is C23H24N6O2S. The Labute approximate surface area is 190 Å². The molecule has 0 spiro atoms. The Balaban J connectivity index is 1.48. The van der Waals surface area contributed by atoms with E-state index < -0.39 is 0 Å². The van der Waals surface area contributed by atoms with E-state index in [0.29, 0.717) is 29.2 Å². The molecule has 0 aliphatic rings. The first-order valence-electron chi connectivity index (χ1n) is 10.3. The van der Waals surface area contributed by atoms with Crippen molar-refractivity contribution in [1.82, 2.24) is 24.9 Å². The lowest BCUT2D eigenvalue weighted by Crippen LogP contribution is -2.15. The Kier molecular flexibility index (Phi) is 6.36. The Bertz CT molecular complexity index is 1260. The molecule has 4 aromatic rings. The van der Waals surface area contributed by atoms with E-state index in [1.807, 2.05) is 74.7 Å². The zero-order valence-electron chi connectivity index (χ0n) is 18.4. The number of carbonyl (C=O) groups excluding carboxylic acids is 1. The summed E-state index contributed by atoms with van der Waals surface area (Å²) in [5, 5.41) is 16.1. The molecule has 0 unspecified atom stereocenters. The number of hydrogen-bond acceptors (Lipinski definition) is 7. The highest BCUT2D eigenvalue weighted by Gasteiger charge is 2.20. The SMILES string of the molecule is CCn1c(SCC(=O)Nc2cccc(C)c2C)nnc1-c1nc(-c2cccc(C)c2)no1. The fraction of sp³-hybridized carbons (Fsp3) is 0.261. The number of anilines is 1. The van der Waals surface area contributed by atoms with Gasteiger partial charge in [-0.15, -0.1) is 10.2 Å². The number of aromatic nitrogens is 5. The smallest absolute Gasteiger partial charge is 0.296 e. The topological polar surface area (TPSA) is 98.7 Å². The third-order valence-electron chi connectivity index (χ3n) is 5.14. The van der Waals surface area contributed by atoms with Gasteiger partial charge in [-0.2, -0.15) is 4.98 Å². The second-order valence-corrected chi connectivity index (χ2v) is 8.37. The van der Waals surface area contributed by atoms with Crippen LogP contribution in [-0.4, -0.2) is 36.6 Å². The third kappa shape index (κ3) is 4.57. The summed E-state index contributed by atoms with van der Waals surface area (Å²) in [6.45, 7) is 8.61. The van der Waals surface area contributed by atoms with Crippen LogP contribution in [0.4, 0.5) is 5.69 Å². The van der Waals surface area contributed by atoms with Crippen molar-refractivity contribution < 1.29 is 9.32 Å². The van der Waals surface area contributed by atoms with Gasteiger partial charge in [-0.1, -0.05) is 52.8 Å². The molecule has 0 aliphatic heterocycles. The molecule has 4 rings (SSSR count). The first-order valence-corrected chi connectivity index (χ1v) is 11.3. The molecule has 1 amide bonds. The van der Waals surface area contributed by atoms with Crippen LogP contribution in [0, 0.1) is 20.8 Å². The van der Waals surface area contributed by atoms with E-state index in [0.717, 1.165) is 27.9 Å². The molecule has 0 aliphatic carbocycles. The minimum Gasteiger partial charge on any atom is -0.330 e. The molecule has 0 saturated heterocycles. The van der Waals surface area contributed by atoms with Gasteiger partial charge in [-0.25, -0.2) is 0 Å². The van der Waals surface area contributed by atoms with E-state index in [1.165, 1.54) is 11.8 Å². The van der Waals surface area contributed by atoms with Gasteiger partial charge in [0.15, 0.2) is 5.16 Å². The predicted molar refractivity (Wildman–Crippen MR) is 124 cm³/mol. The second-order valence-electron chi connectivity index (χ2n) is 7.43. The van der Waals surface area contributed by atoms with Crippen molar-refractivity contribution in [2.45, 2.75) is 39.4 Å². The first kappa shape index (κ1) is 21.8. The number of nitrogens with zero attached hydrogens (tertiary/aromatic N) is 5. The molecule has 32 heavy (non-hydrogen) atoms. The minimum absolute atomic E-state index is 0.101. The van der Waals surface area contributed by atoms with Gasteiger partial charge in [0.2, 0.25) is 17.6 Å². The molecule has 0 bridgehead atoms. The van der Waals surface area contributed by atoms with Crippen molar-refractivity contribution in [2.24, 2.45) is 0 Å². The van der Waals surface area contributed by atoms with Crippen molar-refractivity contribution >= 4 is 23.4 Å². The van der Waals surface area contributed by atoms with E-state index >= 15 is 0 Å². The van der Waals surface area contributed by atoms with Crippen LogP contribution < -0.4 is 5.32 Å². The van der Waals surface area contributed by atoms with Crippen molar-refractivity contribution in [3.8, 4) is 23.1 Å². The summed E-state index contributed by atoms with van der Waals surface area (Å²) in [5.41, 5.74) is 5.01. The van der Waals surface area contributed by atoms with Gasteiger partial charge < -0.3 is 9.84 Å². The summed E-state index contributed by atoms with van der Waals surface area (Å²) < 4.78 is 7.32. The summed E-state index contributed by atoms with van der Waals surface area (Å²) in [5.74, 6) is 1.38. The molecule has 2 aromatic carbocycles. The lowest BCUT2D eigenvalue weighted by atomic mass is 10.1. The lowest BCUT2D eigenvalue weighted by Gasteiger charge is -2.10. The minimum atomic E-state index is -0.101. The largest absolute Gasteiger partial charge is 0.330 e. The number of amides is 1. The van der Waals surface area contributed by atoms with E-state index in [1.54, 1.807) is 0 Å². The summed E-state index contributed by atoms with van der Waals surface area (Å²) in [4.78, 5) is 17.0. The van der Waals surface area contributed by atoms with Gasteiger partial charge in [0.25, 0.3) is 5.89 Å². The quantitative estimate of drug-likeness (QED) is 0.410. The number of carbonyl (C=O) groups is 1. The maximum atomic E-state index is 12.5. The zero-order chi connectivity index (χ0) is 22.7. The molecule has 0 radical (unpaired) electrons. The van der Waals surface area contributed by atoms with Crippen LogP contribution in [0.3, 0.4) is 0 Å². The van der Waals surface area contributed by atoms with Crippen LogP contribution in [0.5, 0.6) is 0 Å². The molecule has 0 atom stereocenters. The molecule has 0 saturated carbocycles. The van der Waals surface area contributed by atoms with Crippen LogP contribution in [0.15, 0.2) is 52.1 Å². The normalized spacial score (nSPS) is 11.0. The molecule has 8 nitrogen and oxygen atoms in total. The maximum Gasteiger partial charge on any atom is 0.296 e. The van der Waals surface area contributed by atoms with Gasteiger partial charge in [0, 0.05) is 17.8 Å². The average Bonchev–Trinajstić information content (AvgIpc) is 3.42. The van der Waals surface area contributed by atoms with Gasteiger partial charge in [0.05, 0.1) is 5.75 Å². The number of thioether (sulfide) groups is 1. The number of hydrogen-bond donors (Lipinski definition) is 1. The number of rotatable bonds is 7. The number of nitrogens with one attached hydrogen (secondary N) is 1. The van der Waals surface area contributed by atoms with Crippen LogP contribution in [-0.2, 0) is 11.3 Å². The fourth-order valence-electron chi connectivity index (χ4n) is 3.26. The molecule has 2 heterocycles.